The first-order chi connectivity index (χ1) is 11.0. The fourth-order valence-electron chi connectivity index (χ4n) is 3.16. The molecule has 0 bridgehead atoms. The van der Waals surface area contributed by atoms with Gasteiger partial charge in [0, 0.05) is 15.3 Å². The molecule has 0 saturated carbocycles. The van der Waals surface area contributed by atoms with Crippen LogP contribution in [0.2, 0.25) is 0 Å². The summed E-state index contributed by atoms with van der Waals surface area (Å²) in [7, 11) is 0. The van der Waals surface area contributed by atoms with Crippen LogP contribution in [-0.4, -0.2) is 17.9 Å². The van der Waals surface area contributed by atoms with Crippen LogP contribution in [0.3, 0.4) is 0 Å². The molecule has 2 aromatic rings. The summed E-state index contributed by atoms with van der Waals surface area (Å²) in [6.07, 6.45) is 0.543. The largest absolute Gasteiger partial charge is 0.369 e. The molecule has 1 heterocycles. The van der Waals surface area contributed by atoms with Crippen LogP contribution in [0.25, 0.3) is 0 Å². The smallest absolute Gasteiger partial charge is 0.259 e. The molecule has 2 amide bonds. The van der Waals surface area contributed by atoms with Crippen LogP contribution in [0.1, 0.15) is 35.2 Å². The number of fused-ring (bicyclic) bond motifs is 1. The van der Waals surface area contributed by atoms with Crippen molar-refractivity contribution < 1.29 is 9.59 Å². The Morgan fingerprint density at radius 2 is 1.78 bits per heavy atom. The number of carbonyl (C=O) groups excluding carboxylic acids is 2. The number of hydrogen-bond acceptors (Lipinski definition) is 2. The summed E-state index contributed by atoms with van der Waals surface area (Å²) in [5.41, 5.74) is 7.84. The second-order valence-corrected chi connectivity index (χ2v) is 6.92. The van der Waals surface area contributed by atoms with Gasteiger partial charge in [-0.25, -0.2) is 0 Å². The predicted octanol–water partition coefficient (Wildman–Crippen LogP) is 3.30. The van der Waals surface area contributed by atoms with Crippen molar-refractivity contribution >= 4 is 40.1 Å². The van der Waals surface area contributed by atoms with Crippen molar-refractivity contribution in [2.75, 3.05) is 4.90 Å². The number of nitrogens with two attached hydrogens (primary N) is 1. The molecule has 118 valence electrons. The molecule has 23 heavy (non-hydrogen) atoms. The van der Waals surface area contributed by atoms with Gasteiger partial charge >= 0.3 is 0 Å². The first kappa shape index (κ1) is 16.0. The van der Waals surface area contributed by atoms with Crippen molar-refractivity contribution in [3.63, 3.8) is 0 Å². The van der Waals surface area contributed by atoms with E-state index in [1.807, 2.05) is 55.5 Å². The van der Waals surface area contributed by atoms with E-state index in [0.29, 0.717) is 12.0 Å². The molecule has 3 rings (SSSR count). The van der Waals surface area contributed by atoms with Crippen LogP contribution >= 0.6 is 22.6 Å². The summed E-state index contributed by atoms with van der Waals surface area (Å²) >= 11 is 2.17. The van der Waals surface area contributed by atoms with Gasteiger partial charge in [0.2, 0.25) is 5.91 Å². The molecule has 0 spiro atoms. The standard InChI is InChI=1S/C18H17IN2O2/c1-11-10-14(17(20)22)12-6-3-5-9-16(12)21(11)18(23)13-7-2-4-8-15(13)19/h2-9,11,14H,10H2,1H3,(H2,20,22)/t11-,14+/m1/s1. The lowest BCUT2D eigenvalue weighted by atomic mass is 9.85. The molecule has 0 aromatic heterocycles. The zero-order valence-electron chi connectivity index (χ0n) is 12.7. The Balaban J connectivity index is 2.09. The summed E-state index contributed by atoms with van der Waals surface area (Å²) < 4.78 is 0.914. The van der Waals surface area contributed by atoms with Gasteiger partial charge in [0.05, 0.1) is 11.5 Å². The zero-order chi connectivity index (χ0) is 16.6. The number of rotatable bonds is 2. The number of halogens is 1. The molecule has 0 aliphatic carbocycles. The van der Waals surface area contributed by atoms with Gasteiger partial charge in [0.25, 0.3) is 5.91 Å². The summed E-state index contributed by atoms with van der Waals surface area (Å²) in [5.74, 6) is -0.733. The quantitative estimate of drug-likeness (QED) is 0.758. The van der Waals surface area contributed by atoms with Gasteiger partial charge in [0.15, 0.2) is 0 Å². The topological polar surface area (TPSA) is 63.4 Å². The van der Waals surface area contributed by atoms with Gasteiger partial charge in [-0.3, -0.25) is 9.59 Å². The second kappa shape index (κ2) is 6.31. The molecule has 2 N–H and O–H groups in total. The van der Waals surface area contributed by atoms with Crippen molar-refractivity contribution in [2.45, 2.75) is 25.3 Å². The number of primary amides is 1. The van der Waals surface area contributed by atoms with E-state index in [4.69, 9.17) is 5.73 Å². The van der Waals surface area contributed by atoms with Crippen molar-refractivity contribution in [1.82, 2.24) is 0 Å². The van der Waals surface area contributed by atoms with Crippen molar-refractivity contribution in [3.8, 4) is 0 Å². The maximum absolute atomic E-state index is 13.1. The van der Waals surface area contributed by atoms with Gasteiger partial charge in [-0.15, -0.1) is 0 Å². The Kier molecular flexibility index (Phi) is 4.39. The van der Waals surface area contributed by atoms with Gasteiger partial charge in [0.1, 0.15) is 0 Å². The Bertz CT molecular complexity index is 775. The zero-order valence-corrected chi connectivity index (χ0v) is 14.9. The van der Waals surface area contributed by atoms with E-state index in [1.165, 1.54) is 0 Å². The number of para-hydroxylation sites is 1. The average molecular weight is 420 g/mol. The maximum atomic E-state index is 13.1. The van der Waals surface area contributed by atoms with Crippen LogP contribution < -0.4 is 10.6 Å². The minimum absolute atomic E-state index is 0.0436. The third-order valence-electron chi connectivity index (χ3n) is 4.26. The first-order valence-corrected chi connectivity index (χ1v) is 8.55. The van der Waals surface area contributed by atoms with E-state index < -0.39 is 0 Å². The van der Waals surface area contributed by atoms with Gasteiger partial charge in [-0.2, -0.15) is 0 Å². The molecule has 0 fully saturated rings. The van der Waals surface area contributed by atoms with E-state index in [1.54, 1.807) is 4.90 Å². The molecule has 0 saturated heterocycles. The highest BCUT2D eigenvalue weighted by Gasteiger charge is 2.36. The molecule has 1 aliphatic heterocycles. The lowest BCUT2D eigenvalue weighted by Gasteiger charge is -2.38. The fraction of sp³-hybridized carbons (Fsp3) is 0.222. The Morgan fingerprint density at radius 3 is 2.48 bits per heavy atom. The Morgan fingerprint density at radius 1 is 1.13 bits per heavy atom. The maximum Gasteiger partial charge on any atom is 0.259 e. The van der Waals surface area contributed by atoms with E-state index in [9.17, 15) is 9.59 Å². The number of anilines is 1. The van der Waals surface area contributed by atoms with Crippen molar-refractivity contribution in [3.05, 3.63) is 63.2 Å². The molecule has 0 radical (unpaired) electrons. The lowest BCUT2D eigenvalue weighted by Crippen LogP contribution is -2.45. The van der Waals surface area contributed by atoms with E-state index in [-0.39, 0.29) is 23.8 Å². The van der Waals surface area contributed by atoms with Crippen LogP contribution in [0, 0.1) is 3.57 Å². The summed E-state index contributed by atoms with van der Waals surface area (Å²) in [6, 6.07) is 15.0. The third kappa shape index (κ3) is 2.85. The SMILES string of the molecule is C[C@@H]1C[C@H](C(N)=O)c2ccccc2N1C(=O)c1ccccc1I. The highest BCUT2D eigenvalue weighted by Crippen LogP contribution is 2.39. The number of amides is 2. The summed E-state index contributed by atoms with van der Waals surface area (Å²) in [4.78, 5) is 26.6. The van der Waals surface area contributed by atoms with Crippen LogP contribution in [0.5, 0.6) is 0 Å². The van der Waals surface area contributed by atoms with E-state index in [2.05, 4.69) is 22.6 Å². The summed E-state index contributed by atoms with van der Waals surface area (Å²) in [5, 5.41) is 0. The molecular weight excluding hydrogens is 403 g/mol. The molecule has 4 nitrogen and oxygen atoms in total. The predicted molar refractivity (Wildman–Crippen MR) is 98.4 cm³/mol. The lowest BCUT2D eigenvalue weighted by molar-refractivity contribution is -0.119. The third-order valence-corrected chi connectivity index (χ3v) is 5.20. The highest BCUT2D eigenvalue weighted by molar-refractivity contribution is 14.1. The van der Waals surface area contributed by atoms with Crippen LogP contribution in [0.15, 0.2) is 48.5 Å². The van der Waals surface area contributed by atoms with E-state index in [0.717, 1.165) is 14.8 Å². The summed E-state index contributed by atoms with van der Waals surface area (Å²) in [6.45, 7) is 1.96. The molecule has 5 heteroatoms. The van der Waals surface area contributed by atoms with Gasteiger partial charge in [-0.1, -0.05) is 30.3 Å². The van der Waals surface area contributed by atoms with Gasteiger partial charge < -0.3 is 10.6 Å². The van der Waals surface area contributed by atoms with Crippen molar-refractivity contribution in [1.29, 1.82) is 0 Å². The van der Waals surface area contributed by atoms with Gasteiger partial charge in [-0.05, 0) is 59.7 Å². The first-order valence-electron chi connectivity index (χ1n) is 7.47. The molecule has 1 aliphatic rings. The average Bonchev–Trinajstić information content (AvgIpc) is 2.54. The molecule has 2 aromatic carbocycles. The van der Waals surface area contributed by atoms with E-state index >= 15 is 0 Å². The number of carbonyl (C=O) groups is 2. The Labute approximate surface area is 148 Å². The van der Waals surface area contributed by atoms with Crippen molar-refractivity contribution in [2.24, 2.45) is 5.73 Å². The second-order valence-electron chi connectivity index (χ2n) is 5.75. The molecular formula is C18H17IN2O2. The minimum Gasteiger partial charge on any atom is -0.369 e. The number of hydrogen-bond donors (Lipinski definition) is 1. The van der Waals surface area contributed by atoms with Crippen LogP contribution in [0.4, 0.5) is 5.69 Å². The minimum atomic E-state index is -0.347. The fourth-order valence-corrected chi connectivity index (χ4v) is 3.77. The highest BCUT2D eigenvalue weighted by atomic mass is 127. The molecule has 0 unspecified atom stereocenters. The monoisotopic (exact) mass is 420 g/mol. The molecule has 2 atom stereocenters. The number of benzene rings is 2. The Hall–Kier alpha value is -1.89. The van der Waals surface area contributed by atoms with Crippen LogP contribution in [-0.2, 0) is 4.79 Å². The number of nitrogens with zero attached hydrogens (tertiary/aromatic N) is 1. The normalized spacial score (nSPS) is 20.0.